The highest BCUT2D eigenvalue weighted by Crippen LogP contribution is 2.41. The zero-order valence-electron chi connectivity index (χ0n) is 13.4. The third kappa shape index (κ3) is 2.85. The van der Waals surface area contributed by atoms with E-state index in [2.05, 4.69) is 20.4 Å². The lowest BCUT2D eigenvalue weighted by molar-refractivity contribution is -0.150. The van der Waals surface area contributed by atoms with Gasteiger partial charge in [0.2, 0.25) is 0 Å². The predicted octanol–water partition coefficient (Wildman–Crippen LogP) is 2.20. The van der Waals surface area contributed by atoms with Crippen LogP contribution in [0.2, 0.25) is 0 Å². The first kappa shape index (κ1) is 15.6. The van der Waals surface area contributed by atoms with Gasteiger partial charge in [-0.3, -0.25) is 4.79 Å². The minimum absolute atomic E-state index is 0.0313. The molecule has 2 aromatic heterocycles. The number of nitrogens with one attached hydrogen (secondary N) is 1. The summed E-state index contributed by atoms with van der Waals surface area (Å²) in [6.45, 7) is 6.09. The number of anilines is 1. The molecule has 8 heteroatoms. The Kier molecular flexibility index (Phi) is 3.50. The number of carbonyl (C=O) groups is 1. The summed E-state index contributed by atoms with van der Waals surface area (Å²) in [4.78, 5) is 19.2. The van der Waals surface area contributed by atoms with E-state index in [-0.39, 0.29) is 24.9 Å². The van der Waals surface area contributed by atoms with Crippen molar-refractivity contribution in [1.29, 1.82) is 0 Å². The molecule has 0 bridgehead atoms. The van der Waals surface area contributed by atoms with Gasteiger partial charge in [-0.05, 0) is 33.6 Å². The van der Waals surface area contributed by atoms with Crippen LogP contribution < -0.4 is 5.32 Å². The highest BCUT2D eigenvalue weighted by Gasteiger charge is 2.48. The first-order chi connectivity index (χ1) is 10.7. The smallest absolute Gasteiger partial charge is 0.306 e. The van der Waals surface area contributed by atoms with Gasteiger partial charge in [0.25, 0.3) is 0 Å². The Hall–Kier alpha value is -2.25. The molecule has 2 aromatic rings. The highest BCUT2D eigenvalue weighted by atomic mass is 19.1. The van der Waals surface area contributed by atoms with Crippen LogP contribution in [-0.4, -0.2) is 43.0 Å². The van der Waals surface area contributed by atoms with E-state index in [0.717, 1.165) is 5.39 Å². The molecule has 7 nitrogen and oxygen atoms in total. The minimum atomic E-state index is -1.50. The third-order valence-corrected chi connectivity index (χ3v) is 4.15. The minimum Gasteiger partial charge on any atom is -0.481 e. The van der Waals surface area contributed by atoms with Crippen LogP contribution in [0.3, 0.4) is 0 Å². The van der Waals surface area contributed by atoms with Crippen molar-refractivity contribution in [2.75, 3.05) is 11.9 Å². The Morgan fingerprint density at radius 1 is 1.48 bits per heavy atom. The molecule has 3 rings (SSSR count). The van der Waals surface area contributed by atoms with Gasteiger partial charge in [-0.2, -0.15) is 5.10 Å². The van der Waals surface area contributed by atoms with Crippen molar-refractivity contribution >= 4 is 22.8 Å². The lowest BCUT2D eigenvalue weighted by Gasteiger charge is -2.39. The van der Waals surface area contributed by atoms with Gasteiger partial charge < -0.3 is 10.4 Å². The number of halogens is 1. The lowest BCUT2D eigenvalue weighted by atomic mass is 9.72. The Bertz CT molecular complexity index is 746. The third-order valence-electron chi connectivity index (χ3n) is 4.15. The number of alkyl halides is 1. The maximum Gasteiger partial charge on any atom is 0.306 e. The van der Waals surface area contributed by atoms with E-state index in [1.807, 2.05) is 20.8 Å². The Balaban J connectivity index is 1.77. The van der Waals surface area contributed by atoms with Crippen LogP contribution in [0.15, 0.2) is 12.5 Å². The molecule has 0 spiro atoms. The highest BCUT2D eigenvalue weighted by molar-refractivity contribution is 5.86. The molecule has 2 N–H and O–H groups in total. The SMILES string of the molecule is CC(C)(C)n1ncc2c(NCC3(F)CC(C(=O)O)C3)ncnc21. The van der Waals surface area contributed by atoms with Crippen LogP contribution in [-0.2, 0) is 10.3 Å². The van der Waals surface area contributed by atoms with E-state index in [4.69, 9.17) is 5.11 Å². The fourth-order valence-electron chi connectivity index (χ4n) is 2.86. The van der Waals surface area contributed by atoms with Crippen molar-refractivity contribution in [3.8, 4) is 0 Å². The summed E-state index contributed by atoms with van der Waals surface area (Å²) in [6, 6.07) is 0. The van der Waals surface area contributed by atoms with E-state index in [9.17, 15) is 9.18 Å². The molecule has 23 heavy (non-hydrogen) atoms. The van der Waals surface area contributed by atoms with Crippen molar-refractivity contribution < 1.29 is 14.3 Å². The molecule has 124 valence electrons. The first-order valence-corrected chi connectivity index (χ1v) is 7.54. The van der Waals surface area contributed by atoms with Gasteiger partial charge in [-0.1, -0.05) is 0 Å². The molecule has 0 unspecified atom stereocenters. The number of aliphatic carboxylic acids is 1. The van der Waals surface area contributed by atoms with Gasteiger partial charge >= 0.3 is 5.97 Å². The summed E-state index contributed by atoms with van der Waals surface area (Å²) in [5, 5.41) is 16.9. The maximum absolute atomic E-state index is 14.4. The number of carboxylic acids is 1. The molecule has 1 saturated carbocycles. The van der Waals surface area contributed by atoms with E-state index >= 15 is 0 Å². The number of nitrogens with zero attached hydrogens (tertiary/aromatic N) is 4. The average molecular weight is 321 g/mol. The van der Waals surface area contributed by atoms with Gasteiger partial charge in [0, 0.05) is 0 Å². The number of fused-ring (bicyclic) bond motifs is 1. The lowest BCUT2D eigenvalue weighted by Crippen LogP contribution is -2.48. The fourth-order valence-corrected chi connectivity index (χ4v) is 2.86. The molecule has 1 aliphatic carbocycles. The summed E-state index contributed by atoms with van der Waals surface area (Å²) >= 11 is 0. The number of rotatable bonds is 4. The second-order valence-electron chi connectivity index (χ2n) is 7.13. The largest absolute Gasteiger partial charge is 0.481 e. The molecule has 2 heterocycles. The van der Waals surface area contributed by atoms with Crippen LogP contribution in [0.5, 0.6) is 0 Å². The molecule has 1 fully saturated rings. The molecular weight excluding hydrogens is 301 g/mol. The van der Waals surface area contributed by atoms with Gasteiger partial charge in [0.05, 0.1) is 29.6 Å². The monoisotopic (exact) mass is 321 g/mol. The second-order valence-corrected chi connectivity index (χ2v) is 7.13. The molecule has 1 aliphatic rings. The summed E-state index contributed by atoms with van der Waals surface area (Å²) in [5.41, 5.74) is -1.04. The predicted molar refractivity (Wildman–Crippen MR) is 83.0 cm³/mol. The van der Waals surface area contributed by atoms with Gasteiger partial charge in [0.1, 0.15) is 17.8 Å². The van der Waals surface area contributed by atoms with Gasteiger partial charge in [0.15, 0.2) is 5.65 Å². The molecule has 0 atom stereocenters. The molecule has 0 aliphatic heterocycles. The molecular formula is C15H20FN5O2. The number of carboxylic acid groups (broad SMARTS) is 1. The standard InChI is InChI=1S/C15H20FN5O2/c1-14(2,3)21-12-10(6-20-21)11(18-8-19-12)17-7-15(16)4-9(5-15)13(22)23/h6,8-9H,4-5,7H2,1-3H3,(H,22,23)(H,17,18,19). The zero-order chi connectivity index (χ0) is 16.8. The van der Waals surface area contributed by atoms with Crippen LogP contribution in [0, 0.1) is 5.92 Å². The maximum atomic E-state index is 14.4. The summed E-state index contributed by atoms with van der Waals surface area (Å²) < 4.78 is 16.2. The van der Waals surface area contributed by atoms with E-state index in [1.54, 1.807) is 10.9 Å². The summed E-state index contributed by atoms with van der Waals surface area (Å²) in [5.74, 6) is -1.01. The van der Waals surface area contributed by atoms with Crippen LogP contribution in [0.4, 0.5) is 10.2 Å². The van der Waals surface area contributed by atoms with Crippen LogP contribution >= 0.6 is 0 Å². The van der Waals surface area contributed by atoms with Crippen molar-refractivity contribution in [3.63, 3.8) is 0 Å². The van der Waals surface area contributed by atoms with Crippen molar-refractivity contribution in [1.82, 2.24) is 19.7 Å². The van der Waals surface area contributed by atoms with Crippen molar-refractivity contribution in [3.05, 3.63) is 12.5 Å². The van der Waals surface area contributed by atoms with Crippen LogP contribution in [0.1, 0.15) is 33.6 Å². The van der Waals surface area contributed by atoms with E-state index < -0.39 is 17.6 Å². The normalized spacial score (nSPS) is 24.4. The van der Waals surface area contributed by atoms with Gasteiger partial charge in [-0.15, -0.1) is 0 Å². The number of hydrogen-bond acceptors (Lipinski definition) is 5. The summed E-state index contributed by atoms with van der Waals surface area (Å²) in [7, 11) is 0. The fraction of sp³-hybridized carbons (Fsp3) is 0.600. The molecule has 0 aromatic carbocycles. The molecule has 0 saturated heterocycles. The second kappa shape index (κ2) is 5.14. The Morgan fingerprint density at radius 3 is 2.78 bits per heavy atom. The van der Waals surface area contributed by atoms with Crippen LogP contribution in [0.25, 0.3) is 11.0 Å². The van der Waals surface area contributed by atoms with Gasteiger partial charge in [-0.25, -0.2) is 19.0 Å². The number of aromatic nitrogens is 4. The Labute approximate surface area is 132 Å². The average Bonchev–Trinajstić information content (AvgIpc) is 2.86. The summed E-state index contributed by atoms with van der Waals surface area (Å²) in [6.07, 6.45) is 3.14. The first-order valence-electron chi connectivity index (χ1n) is 7.54. The van der Waals surface area contributed by atoms with E-state index in [0.29, 0.717) is 11.5 Å². The zero-order valence-corrected chi connectivity index (χ0v) is 13.4. The van der Waals surface area contributed by atoms with Crippen molar-refractivity contribution in [2.24, 2.45) is 5.92 Å². The van der Waals surface area contributed by atoms with Crippen molar-refractivity contribution in [2.45, 2.75) is 44.8 Å². The molecule has 0 amide bonds. The molecule has 0 radical (unpaired) electrons. The van der Waals surface area contributed by atoms with E-state index in [1.165, 1.54) is 6.33 Å². The number of hydrogen-bond donors (Lipinski definition) is 2. The Morgan fingerprint density at radius 2 is 2.17 bits per heavy atom. The quantitative estimate of drug-likeness (QED) is 0.897. The topological polar surface area (TPSA) is 92.9 Å².